The minimum absolute atomic E-state index is 0.369. The van der Waals surface area contributed by atoms with E-state index in [-0.39, 0.29) is 0 Å². The van der Waals surface area contributed by atoms with Gasteiger partial charge in [0.15, 0.2) is 0 Å². The molecule has 0 aliphatic heterocycles. The van der Waals surface area contributed by atoms with Crippen LogP contribution in [0.15, 0.2) is 27.8 Å². The molecule has 0 bridgehead atoms. The van der Waals surface area contributed by atoms with Gasteiger partial charge in [-0.3, -0.25) is 4.68 Å². The van der Waals surface area contributed by atoms with Crippen molar-refractivity contribution in [3.8, 4) is 0 Å². The second-order valence-electron chi connectivity index (χ2n) is 3.64. The fourth-order valence-corrected chi connectivity index (χ4v) is 2.27. The topological polar surface area (TPSA) is 42.7 Å². The molecule has 0 saturated carbocycles. The highest BCUT2D eigenvalue weighted by molar-refractivity contribution is 9.10. The molecule has 1 unspecified atom stereocenters. The standard InChI is InChI=1S/C10H13BrN4S/c1-8(4-15-5-9(11)2-14-15)12-3-10-6-16-7-13-10/h2,5-8,12H,3-4H2,1H3. The number of nitrogens with zero attached hydrogens (tertiary/aromatic N) is 3. The lowest BCUT2D eigenvalue weighted by atomic mass is 10.3. The summed E-state index contributed by atoms with van der Waals surface area (Å²) in [5.74, 6) is 0. The SMILES string of the molecule is CC(Cn1cc(Br)cn1)NCc1cscn1. The highest BCUT2D eigenvalue weighted by atomic mass is 79.9. The van der Waals surface area contributed by atoms with Crippen molar-refractivity contribution in [2.24, 2.45) is 0 Å². The summed E-state index contributed by atoms with van der Waals surface area (Å²) < 4.78 is 2.93. The normalized spacial score (nSPS) is 12.9. The summed E-state index contributed by atoms with van der Waals surface area (Å²) in [4.78, 5) is 4.23. The van der Waals surface area contributed by atoms with Gasteiger partial charge >= 0.3 is 0 Å². The van der Waals surface area contributed by atoms with Gasteiger partial charge in [0.2, 0.25) is 0 Å². The number of nitrogens with one attached hydrogen (secondary N) is 1. The Morgan fingerprint density at radius 3 is 3.12 bits per heavy atom. The van der Waals surface area contributed by atoms with Crippen molar-refractivity contribution >= 4 is 27.3 Å². The van der Waals surface area contributed by atoms with Crippen LogP contribution in [0.25, 0.3) is 0 Å². The van der Waals surface area contributed by atoms with E-state index in [0.29, 0.717) is 6.04 Å². The first-order valence-corrected chi connectivity index (χ1v) is 6.76. The van der Waals surface area contributed by atoms with Gasteiger partial charge in [-0.25, -0.2) is 4.98 Å². The van der Waals surface area contributed by atoms with Crippen LogP contribution in [-0.2, 0) is 13.1 Å². The number of aromatic nitrogens is 3. The lowest BCUT2D eigenvalue weighted by Crippen LogP contribution is -2.30. The van der Waals surface area contributed by atoms with Gasteiger partial charge in [-0.15, -0.1) is 11.3 Å². The van der Waals surface area contributed by atoms with Crippen LogP contribution in [0.5, 0.6) is 0 Å². The van der Waals surface area contributed by atoms with Crippen LogP contribution in [-0.4, -0.2) is 20.8 Å². The number of hydrogen-bond donors (Lipinski definition) is 1. The fourth-order valence-electron chi connectivity index (χ4n) is 1.39. The summed E-state index contributed by atoms with van der Waals surface area (Å²) in [6, 6.07) is 0.369. The van der Waals surface area contributed by atoms with Gasteiger partial charge in [-0.2, -0.15) is 5.10 Å². The maximum Gasteiger partial charge on any atom is 0.0795 e. The third-order valence-corrected chi connectivity index (χ3v) is 3.22. The molecule has 86 valence electrons. The zero-order valence-electron chi connectivity index (χ0n) is 8.93. The average molecular weight is 301 g/mol. The van der Waals surface area contributed by atoms with E-state index in [9.17, 15) is 0 Å². The van der Waals surface area contributed by atoms with Crippen molar-refractivity contribution in [3.05, 3.63) is 33.5 Å². The maximum atomic E-state index is 4.23. The molecule has 1 atom stereocenters. The zero-order valence-corrected chi connectivity index (χ0v) is 11.3. The predicted molar refractivity (Wildman–Crippen MR) is 68.3 cm³/mol. The first kappa shape index (κ1) is 11.8. The third kappa shape index (κ3) is 3.40. The van der Waals surface area contributed by atoms with Gasteiger partial charge in [0.25, 0.3) is 0 Å². The summed E-state index contributed by atoms with van der Waals surface area (Å²) in [6.45, 7) is 3.81. The number of hydrogen-bond acceptors (Lipinski definition) is 4. The van der Waals surface area contributed by atoms with E-state index in [1.807, 2.05) is 16.4 Å². The van der Waals surface area contributed by atoms with E-state index in [0.717, 1.165) is 23.3 Å². The van der Waals surface area contributed by atoms with Gasteiger partial charge in [0.1, 0.15) is 0 Å². The smallest absolute Gasteiger partial charge is 0.0795 e. The summed E-state index contributed by atoms with van der Waals surface area (Å²) in [7, 11) is 0. The Hall–Kier alpha value is -0.720. The van der Waals surface area contributed by atoms with Gasteiger partial charge in [-0.05, 0) is 22.9 Å². The van der Waals surface area contributed by atoms with Crippen molar-refractivity contribution in [1.29, 1.82) is 0 Å². The van der Waals surface area contributed by atoms with E-state index in [1.165, 1.54) is 0 Å². The van der Waals surface area contributed by atoms with Crippen molar-refractivity contribution in [2.75, 3.05) is 0 Å². The second kappa shape index (κ2) is 5.56. The molecule has 0 saturated heterocycles. The highest BCUT2D eigenvalue weighted by Gasteiger charge is 2.04. The molecule has 0 spiro atoms. The van der Waals surface area contributed by atoms with Gasteiger partial charge < -0.3 is 5.32 Å². The van der Waals surface area contributed by atoms with Crippen molar-refractivity contribution < 1.29 is 0 Å². The van der Waals surface area contributed by atoms with E-state index < -0.39 is 0 Å². The molecule has 0 fully saturated rings. The Labute approximate surface area is 107 Å². The monoisotopic (exact) mass is 300 g/mol. The van der Waals surface area contributed by atoms with E-state index in [1.54, 1.807) is 17.5 Å². The molecular weight excluding hydrogens is 288 g/mol. The number of halogens is 1. The summed E-state index contributed by atoms with van der Waals surface area (Å²) in [5.41, 5.74) is 2.95. The molecule has 0 aliphatic carbocycles. The number of thiazole rings is 1. The third-order valence-electron chi connectivity index (χ3n) is 2.18. The molecule has 0 amide bonds. The molecule has 0 radical (unpaired) electrons. The molecule has 4 nitrogen and oxygen atoms in total. The summed E-state index contributed by atoms with van der Waals surface area (Å²) in [6.07, 6.45) is 3.77. The Morgan fingerprint density at radius 2 is 2.50 bits per heavy atom. The molecule has 6 heteroatoms. The molecule has 2 aromatic heterocycles. The molecule has 2 aromatic rings. The predicted octanol–water partition coefficient (Wildman–Crippen LogP) is 2.28. The van der Waals surface area contributed by atoms with Crippen LogP contribution in [0.2, 0.25) is 0 Å². The maximum absolute atomic E-state index is 4.23. The Morgan fingerprint density at radius 1 is 1.62 bits per heavy atom. The van der Waals surface area contributed by atoms with Crippen LogP contribution in [0.3, 0.4) is 0 Å². The van der Waals surface area contributed by atoms with E-state index in [2.05, 4.69) is 43.6 Å². The Kier molecular flexibility index (Phi) is 4.09. The molecule has 16 heavy (non-hydrogen) atoms. The Balaban J connectivity index is 1.78. The minimum Gasteiger partial charge on any atom is -0.307 e. The highest BCUT2D eigenvalue weighted by Crippen LogP contribution is 2.07. The van der Waals surface area contributed by atoms with Crippen LogP contribution in [0.4, 0.5) is 0 Å². The lowest BCUT2D eigenvalue weighted by Gasteiger charge is -2.12. The van der Waals surface area contributed by atoms with Crippen LogP contribution in [0, 0.1) is 0 Å². The van der Waals surface area contributed by atoms with Crippen molar-refractivity contribution in [2.45, 2.75) is 26.1 Å². The largest absolute Gasteiger partial charge is 0.307 e. The lowest BCUT2D eigenvalue weighted by molar-refractivity contribution is 0.449. The van der Waals surface area contributed by atoms with E-state index >= 15 is 0 Å². The Bertz CT molecular complexity index is 426. The van der Waals surface area contributed by atoms with Crippen LogP contribution in [0.1, 0.15) is 12.6 Å². The summed E-state index contributed by atoms with van der Waals surface area (Å²) in [5, 5.41) is 9.69. The molecule has 0 aromatic carbocycles. The summed E-state index contributed by atoms with van der Waals surface area (Å²) >= 11 is 5.00. The number of rotatable bonds is 5. The van der Waals surface area contributed by atoms with Crippen molar-refractivity contribution in [3.63, 3.8) is 0 Å². The molecule has 1 N–H and O–H groups in total. The van der Waals surface area contributed by atoms with Crippen LogP contribution >= 0.6 is 27.3 Å². The minimum atomic E-state index is 0.369. The van der Waals surface area contributed by atoms with Crippen molar-refractivity contribution in [1.82, 2.24) is 20.1 Å². The van der Waals surface area contributed by atoms with Gasteiger partial charge in [0, 0.05) is 24.2 Å². The molecule has 2 rings (SSSR count). The fraction of sp³-hybridized carbons (Fsp3) is 0.400. The quantitative estimate of drug-likeness (QED) is 0.921. The van der Waals surface area contributed by atoms with Gasteiger partial charge in [-0.1, -0.05) is 0 Å². The molecular formula is C10H13BrN4S. The van der Waals surface area contributed by atoms with E-state index in [4.69, 9.17) is 0 Å². The second-order valence-corrected chi connectivity index (χ2v) is 5.28. The average Bonchev–Trinajstić information content (AvgIpc) is 2.87. The first-order valence-electron chi connectivity index (χ1n) is 5.02. The first-order chi connectivity index (χ1) is 7.74. The van der Waals surface area contributed by atoms with Crippen LogP contribution < -0.4 is 5.32 Å². The zero-order chi connectivity index (χ0) is 11.4. The molecule has 2 heterocycles. The molecule has 0 aliphatic rings. The van der Waals surface area contributed by atoms with Gasteiger partial charge in [0.05, 0.1) is 28.4 Å².